The third-order valence-electron chi connectivity index (χ3n) is 2.96. The zero-order valence-electron chi connectivity index (χ0n) is 8.65. The predicted octanol–water partition coefficient (Wildman–Crippen LogP) is 1.87. The average molecular weight is 242 g/mol. The first-order chi connectivity index (χ1) is 7.65. The van der Waals surface area contributed by atoms with E-state index in [9.17, 15) is 9.90 Å². The number of aromatic nitrogens is 1. The number of carbonyl (C=O) groups is 1. The van der Waals surface area contributed by atoms with Gasteiger partial charge in [-0.25, -0.2) is 4.98 Å². The van der Waals surface area contributed by atoms with Crippen LogP contribution in [0.4, 0.5) is 0 Å². The lowest BCUT2D eigenvalue weighted by atomic mass is 9.77. The van der Waals surface area contributed by atoms with Gasteiger partial charge in [0.05, 0.1) is 5.69 Å². The van der Waals surface area contributed by atoms with Gasteiger partial charge in [-0.2, -0.15) is 0 Å². The summed E-state index contributed by atoms with van der Waals surface area (Å²) in [6.07, 6.45) is 0.880. The Bertz CT molecular complexity index is 402. The summed E-state index contributed by atoms with van der Waals surface area (Å²) in [6.45, 7) is 0.890. The van der Waals surface area contributed by atoms with E-state index < -0.39 is 11.4 Å². The Labute approximate surface area is 98.2 Å². The standard InChI is InChI=1S/C11H12ClNO3/c12-9-3-1-2-8(13-9)11(10(14)15)4-6-16-7-5-11/h1-3H,4-7H2,(H,14,15). The number of ether oxygens (including phenoxy) is 1. The fourth-order valence-corrected chi connectivity index (χ4v) is 2.14. The van der Waals surface area contributed by atoms with Crippen LogP contribution in [-0.2, 0) is 14.9 Å². The van der Waals surface area contributed by atoms with Crippen molar-refractivity contribution >= 4 is 17.6 Å². The lowest BCUT2D eigenvalue weighted by Crippen LogP contribution is -2.42. The highest BCUT2D eigenvalue weighted by Crippen LogP contribution is 2.34. The highest BCUT2D eigenvalue weighted by Gasteiger charge is 2.43. The van der Waals surface area contributed by atoms with Crippen LogP contribution in [0.3, 0.4) is 0 Å². The molecule has 0 saturated carbocycles. The molecule has 86 valence electrons. The van der Waals surface area contributed by atoms with Crippen molar-refractivity contribution < 1.29 is 14.6 Å². The second-order valence-corrected chi connectivity index (χ2v) is 4.23. The molecule has 0 aliphatic carbocycles. The van der Waals surface area contributed by atoms with Gasteiger partial charge in [-0.1, -0.05) is 17.7 Å². The zero-order chi connectivity index (χ0) is 11.6. The van der Waals surface area contributed by atoms with Crippen molar-refractivity contribution in [2.24, 2.45) is 0 Å². The van der Waals surface area contributed by atoms with Gasteiger partial charge in [-0.3, -0.25) is 4.79 Å². The van der Waals surface area contributed by atoms with E-state index in [1.54, 1.807) is 18.2 Å². The van der Waals surface area contributed by atoms with Gasteiger partial charge < -0.3 is 9.84 Å². The van der Waals surface area contributed by atoms with Crippen LogP contribution in [0.15, 0.2) is 18.2 Å². The van der Waals surface area contributed by atoms with Crippen molar-refractivity contribution in [2.45, 2.75) is 18.3 Å². The minimum Gasteiger partial charge on any atom is -0.481 e. The van der Waals surface area contributed by atoms with E-state index >= 15 is 0 Å². The summed E-state index contributed by atoms with van der Waals surface area (Å²) < 4.78 is 5.20. The van der Waals surface area contributed by atoms with Crippen LogP contribution in [0.25, 0.3) is 0 Å². The van der Waals surface area contributed by atoms with E-state index in [1.807, 2.05) is 0 Å². The molecule has 0 amide bonds. The fourth-order valence-electron chi connectivity index (χ4n) is 1.97. The molecule has 1 aromatic heterocycles. The molecule has 16 heavy (non-hydrogen) atoms. The molecule has 5 heteroatoms. The van der Waals surface area contributed by atoms with Crippen LogP contribution in [0, 0.1) is 0 Å². The van der Waals surface area contributed by atoms with Gasteiger partial charge in [0.2, 0.25) is 0 Å². The first-order valence-electron chi connectivity index (χ1n) is 5.09. The molecule has 0 atom stereocenters. The minimum absolute atomic E-state index is 0.324. The molecule has 1 fully saturated rings. The molecule has 0 unspecified atom stereocenters. The number of aliphatic carboxylic acids is 1. The summed E-state index contributed by atoms with van der Waals surface area (Å²) in [4.78, 5) is 15.6. The number of nitrogens with zero attached hydrogens (tertiary/aromatic N) is 1. The molecular formula is C11H12ClNO3. The summed E-state index contributed by atoms with van der Waals surface area (Å²) >= 11 is 5.80. The predicted molar refractivity (Wildman–Crippen MR) is 58.6 cm³/mol. The molecule has 4 nitrogen and oxygen atoms in total. The third kappa shape index (κ3) is 1.90. The molecule has 2 rings (SSSR count). The van der Waals surface area contributed by atoms with Crippen LogP contribution >= 0.6 is 11.6 Å². The Morgan fingerprint density at radius 3 is 2.69 bits per heavy atom. The van der Waals surface area contributed by atoms with Crippen molar-refractivity contribution in [3.63, 3.8) is 0 Å². The highest BCUT2D eigenvalue weighted by atomic mass is 35.5. The quantitative estimate of drug-likeness (QED) is 0.803. The molecule has 0 aromatic carbocycles. The maximum absolute atomic E-state index is 11.4. The second-order valence-electron chi connectivity index (χ2n) is 3.85. The van der Waals surface area contributed by atoms with Crippen LogP contribution in [0.1, 0.15) is 18.5 Å². The van der Waals surface area contributed by atoms with Crippen LogP contribution < -0.4 is 0 Å². The van der Waals surface area contributed by atoms with Gasteiger partial charge in [-0.15, -0.1) is 0 Å². The topological polar surface area (TPSA) is 59.4 Å². The Morgan fingerprint density at radius 2 is 2.12 bits per heavy atom. The van der Waals surface area contributed by atoms with Gasteiger partial charge in [0.25, 0.3) is 0 Å². The normalized spacial score (nSPS) is 19.3. The Balaban J connectivity index is 2.42. The van der Waals surface area contributed by atoms with E-state index in [0.29, 0.717) is 36.9 Å². The number of carboxylic acid groups (broad SMARTS) is 1. The van der Waals surface area contributed by atoms with Crippen molar-refractivity contribution in [1.82, 2.24) is 4.98 Å². The number of rotatable bonds is 2. The molecular weight excluding hydrogens is 230 g/mol. The molecule has 1 aromatic rings. The first-order valence-corrected chi connectivity index (χ1v) is 5.47. The molecule has 1 aliphatic heterocycles. The maximum Gasteiger partial charge on any atom is 0.315 e. The van der Waals surface area contributed by atoms with E-state index in [4.69, 9.17) is 16.3 Å². The lowest BCUT2D eigenvalue weighted by molar-refractivity contribution is -0.148. The van der Waals surface area contributed by atoms with E-state index in [-0.39, 0.29) is 0 Å². The third-order valence-corrected chi connectivity index (χ3v) is 3.17. The van der Waals surface area contributed by atoms with Crippen LogP contribution in [0.5, 0.6) is 0 Å². The number of pyridine rings is 1. The number of carboxylic acids is 1. The summed E-state index contributed by atoms with van der Waals surface area (Å²) in [6, 6.07) is 5.08. The second kappa shape index (κ2) is 4.39. The van der Waals surface area contributed by atoms with Gasteiger partial charge in [0, 0.05) is 13.2 Å². The number of hydrogen-bond donors (Lipinski definition) is 1. The van der Waals surface area contributed by atoms with Gasteiger partial charge in [-0.05, 0) is 25.0 Å². The van der Waals surface area contributed by atoms with Crippen molar-refractivity contribution in [3.8, 4) is 0 Å². The largest absolute Gasteiger partial charge is 0.481 e. The Kier molecular flexibility index (Phi) is 3.12. The summed E-state index contributed by atoms with van der Waals surface area (Å²) in [5.41, 5.74) is -0.417. The Hall–Kier alpha value is -1.13. The van der Waals surface area contributed by atoms with E-state index in [2.05, 4.69) is 4.98 Å². The molecule has 1 saturated heterocycles. The lowest BCUT2D eigenvalue weighted by Gasteiger charge is -2.32. The van der Waals surface area contributed by atoms with Gasteiger partial charge in [0.1, 0.15) is 10.6 Å². The Morgan fingerprint density at radius 1 is 1.44 bits per heavy atom. The maximum atomic E-state index is 11.4. The molecule has 0 bridgehead atoms. The van der Waals surface area contributed by atoms with E-state index in [0.717, 1.165) is 0 Å². The summed E-state index contributed by atoms with van der Waals surface area (Å²) in [7, 11) is 0. The molecule has 1 N–H and O–H groups in total. The van der Waals surface area contributed by atoms with E-state index in [1.165, 1.54) is 0 Å². The molecule has 0 spiro atoms. The molecule has 0 radical (unpaired) electrons. The van der Waals surface area contributed by atoms with Gasteiger partial charge in [0.15, 0.2) is 0 Å². The zero-order valence-corrected chi connectivity index (χ0v) is 9.41. The highest BCUT2D eigenvalue weighted by molar-refractivity contribution is 6.29. The smallest absolute Gasteiger partial charge is 0.315 e. The van der Waals surface area contributed by atoms with Crippen molar-refractivity contribution in [3.05, 3.63) is 29.0 Å². The molecule has 2 heterocycles. The number of hydrogen-bond acceptors (Lipinski definition) is 3. The average Bonchev–Trinajstić information content (AvgIpc) is 2.30. The van der Waals surface area contributed by atoms with Crippen molar-refractivity contribution in [2.75, 3.05) is 13.2 Å². The molecule has 1 aliphatic rings. The number of halogens is 1. The first kappa shape index (κ1) is 11.4. The fraction of sp³-hybridized carbons (Fsp3) is 0.455. The SMILES string of the molecule is O=C(O)C1(c2cccc(Cl)n2)CCOCC1. The minimum atomic E-state index is -0.941. The summed E-state index contributed by atoms with van der Waals surface area (Å²) in [5.74, 6) is -0.856. The summed E-state index contributed by atoms with van der Waals surface area (Å²) in [5, 5.41) is 9.72. The van der Waals surface area contributed by atoms with Crippen molar-refractivity contribution in [1.29, 1.82) is 0 Å². The van der Waals surface area contributed by atoms with Gasteiger partial charge >= 0.3 is 5.97 Å². The monoisotopic (exact) mass is 241 g/mol. The van der Waals surface area contributed by atoms with Crippen LogP contribution in [0.2, 0.25) is 5.15 Å². The van der Waals surface area contributed by atoms with Crippen LogP contribution in [-0.4, -0.2) is 29.3 Å².